The summed E-state index contributed by atoms with van der Waals surface area (Å²) in [5.74, 6) is -5.34. The first-order chi connectivity index (χ1) is 6.34. The van der Waals surface area contributed by atoms with Crippen molar-refractivity contribution in [2.24, 2.45) is 5.92 Å². The molecular weight excluding hydrogens is 196 g/mol. The largest absolute Gasteiger partial charge is 0.363 e. The summed E-state index contributed by atoms with van der Waals surface area (Å²) < 4.78 is 0. The zero-order chi connectivity index (χ0) is 10.6. The van der Waals surface area contributed by atoms with Gasteiger partial charge in [-0.15, -0.1) is 0 Å². The Morgan fingerprint density at radius 2 is 1.64 bits per heavy atom. The van der Waals surface area contributed by atoms with Gasteiger partial charge in [-0.05, 0) is 20.8 Å². The van der Waals surface area contributed by atoms with Crippen LogP contribution in [0.5, 0.6) is 0 Å². The highest BCUT2D eigenvalue weighted by molar-refractivity contribution is 4.97. The summed E-state index contributed by atoms with van der Waals surface area (Å²) in [6.45, 7) is 4.26. The van der Waals surface area contributed by atoms with E-state index in [0.717, 1.165) is 0 Å². The number of hydrogen-bond donors (Lipinski definition) is 2. The summed E-state index contributed by atoms with van der Waals surface area (Å²) in [4.78, 5) is 23.2. The average molecular weight is 208 g/mol. The molecule has 0 bridgehead atoms. The quantitative estimate of drug-likeness (QED) is 0.468. The molecule has 0 spiro atoms. The van der Waals surface area contributed by atoms with Crippen molar-refractivity contribution in [2.45, 2.75) is 38.1 Å². The molecule has 0 aliphatic carbocycles. The SMILES string of the molecule is C[C@@]12OO[C@](C)(OO)[C@H]1[C@@](C)(O)OO2. The highest BCUT2D eigenvalue weighted by Gasteiger charge is 2.72. The molecule has 2 aliphatic rings. The maximum Gasteiger partial charge on any atom is 0.244 e. The van der Waals surface area contributed by atoms with Crippen LogP contribution in [0.4, 0.5) is 0 Å². The van der Waals surface area contributed by atoms with E-state index in [4.69, 9.17) is 19.9 Å². The van der Waals surface area contributed by atoms with Crippen molar-refractivity contribution in [3.8, 4) is 0 Å². The third-order valence-electron chi connectivity index (χ3n) is 2.51. The van der Waals surface area contributed by atoms with Crippen molar-refractivity contribution in [3.63, 3.8) is 0 Å². The molecule has 0 aromatic heterocycles. The van der Waals surface area contributed by atoms with Gasteiger partial charge in [0.1, 0.15) is 5.92 Å². The fourth-order valence-electron chi connectivity index (χ4n) is 2.06. The average Bonchev–Trinajstić information content (AvgIpc) is 2.51. The topological polar surface area (TPSA) is 86.6 Å². The predicted octanol–water partition coefficient (Wildman–Crippen LogP) is 0.157. The van der Waals surface area contributed by atoms with Crippen LogP contribution in [-0.4, -0.2) is 27.7 Å². The van der Waals surface area contributed by atoms with Crippen molar-refractivity contribution in [2.75, 3.05) is 0 Å². The van der Waals surface area contributed by atoms with Crippen LogP contribution in [0.2, 0.25) is 0 Å². The molecule has 0 aromatic carbocycles. The number of fused-ring (bicyclic) bond motifs is 1. The first kappa shape index (κ1) is 10.2. The lowest BCUT2D eigenvalue weighted by molar-refractivity contribution is -0.530. The Hall–Kier alpha value is -0.280. The van der Waals surface area contributed by atoms with Crippen molar-refractivity contribution in [3.05, 3.63) is 0 Å². The third-order valence-corrected chi connectivity index (χ3v) is 2.51. The maximum absolute atomic E-state index is 9.80. The fraction of sp³-hybridized carbons (Fsp3) is 1.00. The van der Waals surface area contributed by atoms with Gasteiger partial charge >= 0.3 is 0 Å². The maximum atomic E-state index is 9.80. The van der Waals surface area contributed by atoms with E-state index in [0.29, 0.717) is 0 Å². The van der Waals surface area contributed by atoms with E-state index in [9.17, 15) is 5.11 Å². The van der Waals surface area contributed by atoms with Gasteiger partial charge in [0.25, 0.3) is 0 Å². The zero-order valence-corrected chi connectivity index (χ0v) is 8.01. The molecule has 2 rings (SSSR count). The van der Waals surface area contributed by atoms with Crippen LogP contribution < -0.4 is 0 Å². The summed E-state index contributed by atoms with van der Waals surface area (Å²) in [7, 11) is 0. The third kappa shape index (κ3) is 1.12. The van der Waals surface area contributed by atoms with Crippen LogP contribution >= 0.6 is 0 Å². The van der Waals surface area contributed by atoms with Gasteiger partial charge < -0.3 is 5.11 Å². The second kappa shape index (κ2) is 2.64. The van der Waals surface area contributed by atoms with E-state index in [1.807, 2.05) is 0 Å². The molecule has 2 N–H and O–H groups in total. The van der Waals surface area contributed by atoms with Gasteiger partial charge in [0.15, 0.2) is 0 Å². The van der Waals surface area contributed by atoms with Gasteiger partial charge in [0.05, 0.1) is 0 Å². The summed E-state index contributed by atoms with van der Waals surface area (Å²) in [6.07, 6.45) is 0. The zero-order valence-electron chi connectivity index (χ0n) is 8.01. The number of rotatable bonds is 1. The second-order valence-corrected chi connectivity index (χ2v) is 3.94. The van der Waals surface area contributed by atoms with Gasteiger partial charge in [-0.25, -0.2) is 10.1 Å². The molecule has 82 valence electrons. The van der Waals surface area contributed by atoms with E-state index >= 15 is 0 Å². The van der Waals surface area contributed by atoms with E-state index in [2.05, 4.69) is 9.78 Å². The summed E-state index contributed by atoms with van der Waals surface area (Å²) >= 11 is 0. The highest BCUT2D eigenvalue weighted by atomic mass is 17.4. The molecule has 7 heteroatoms. The van der Waals surface area contributed by atoms with Crippen LogP contribution in [0.1, 0.15) is 20.8 Å². The minimum Gasteiger partial charge on any atom is -0.363 e. The molecule has 4 atom stereocenters. The summed E-state index contributed by atoms with van der Waals surface area (Å²) in [6, 6.07) is 0. The Morgan fingerprint density at radius 3 is 2.21 bits per heavy atom. The van der Waals surface area contributed by atoms with Gasteiger partial charge in [-0.3, -0.25) is 0 Å². The van der Waals surface area contributed by atoms with Crippen molar-refractivity contribution in [1.29, 1.82) is 0 Å². The van der Waals surface area contributed by atoms with Gasteiger partial charge in [-0.2, -0.15) is 19.6 Å². The van der Waals surface area contributed by atoms with Crippen molar-refractivity contribution < 1.29 is 34.8 Å². The first-order valence-corrected chi connectivity index (χ1v) is 4.13. The lowest BCUT2D eigenvalue weighted by atomic mass is 9.86. The van der Waals surface area contributed by atoms with E-state index in [1.54, 1.807) is 0 Å². The summed E-state index contributed by atoms with van der Waals surface area (Å²) in [5, 5.41) is 18.5. The van der Waals surface area contributed by atoms with Gasteiger partial charge in [-0.1, -0.05) is 0 Å². The molecule has 2 saturated heterocycles. The molecule has 0 radical (unpaired) electrons. The molecule has 7 nitrogen and oxygen atoms in total. The predicted molar refractivity (Wildman–Crippen MR) is 39.0 cm³/mol. The van der Waals surface area contributed by atoms with Gasteiger partial charge in [0, 0.05) is 0 Å². The normalized spacial score (nSPS) is 57.6. The molecular formula is C7H12O7. The van der Waals surface area contributed by atoms with Gasteiger partial charge in [0.2, 0.25) is 17.4 Å². The Kier molecular flexibility index (Phi) is 1.93. The van der Waals surface area contributed by atoms with Crippen LogP contribution in [0.3, 0.4) is 0 Å². The molecule has 0 unspecified atom stereocenters. The minimum absolute atomic E-state index is 0.840. The lowest BCUT2D eigenvalue weighted by Crippen LogP contribution is -2.50. The Bertz CT molecular complexity index is 254. The van der Waals surface area contributed by atoms with Crippen LogP contribution in [0, 0.1) is 5.92 Å². The Labute approximate surface area is 79.9 Å². The summed E-state index contributed by atoms with van der Waals surface area (Å²) in [5.41, 5.74) is 0. The molecule has 2 aliphatic heterocycles. The fourth-order valence-corrected chi connectivity index (χ4v) is 2.06. The monoisotopic (exact) mass is 208 g/mol. The van der Waals surface area contributed by atoms with Crippen LogP contribution in [0.25, 0.3) is 0 Å². The van der Waals surface area contributed by atoms with Crippen molar-refractivity contribution >= 4 is 0 Å². The van der Waals surface area contributed by atoms with Crippen LogP contribution in [-0.2, 0) is 24.4 Å². The van der Waals surface area contributed by atoms with E-state index in [-0.39, 0.29) is 0 Å². The first-order valence-electron chi connectivity index (χ1n) is 4.13. The molecule has 2 fully saturated rings. The Balaban J connectivity index is 2.38. The van der Waals surface area contributed by atoms with Crippen LogP contribution in [0.15, 0.2) is 0 Å². The molecule has 0 amide bonds. The van der Waals surface area contributed by atoms with Crippen molar-refractivity contribution in [1.82, 2.24) is 0 Å². The van der Waals surface area contributed by atoms with E-state index in [1.165, 1.54) is 20.8 Å². The molecule has 0 saturated carbocycles. The highest BCUT2D eigenvalue weighted by Crippen LogP contribution is 2.53. The number of hydrogen-bond acceptors (Lipinski definition) is 7. The van der Waals surface area contributed by atoms with E-state index < -0.39 is 23.3 Å². The molecule has 2 heterocycles. The second-order valence-electron chi connectivity index (χ2n) is 3.94. The standard InChI is InChI=1S/C7H12O7/c1-5(8)4-6(2,10-9)12-14-7(4,3)13-11-5/h4,8-9H,1-3H3/t4-,5+,6+,7-/m1/s1. The lowest BCUT2D eigenvalue weighted by Gasteiger charge is -2.29. The minimum atomic E-state index is -1.66. The molecule has 14 heavy (non-hydrogen) atoms. The Morgan fingerprint density at radius 1 is 1.07 bits per heavy atom. The number of aliphatic hydroxyl groups is 1. The molecule has 0 aromatic rings. The smallest absolute Gasteiger partial charge is 0.244 e.